The topological polar surface area (TPSA) is 91.3 Å². The Morgan fingerprint density at radius 1 is 1.00 bits per heavy atom. The van der Waals surface area contributed by atoms with E-state index in [1.807, 2.05) is 0 Å². The summed E-state index contributed by atoms with van der Waals surface area (Å²) in [5, 5.41) is 14.4. The van der Waals surface area contributed by atoms with Crippen molar-refractivity contribution in [2.45, 2.75) is 0 Å². The summed E-state index contributed by atoms with van der Waals surface area (Å²) in [6, 6.07) is 6.14. The van der Waals surface area contributed by atoms with Gasteiger partial charge in [0.25, 0.3) is 0 Å². The zero-order valence-corrected chi connectivity index (χ0v) is 13.0. The molecule has 2 aromatic rings. The van der Waals surface area contributed by atoms with Crippen LogP contribution in [-0.2, 0) is 0 Å². The zero-order chi connectivity index (χ0) is 16.3. The molecule has 1 heterocycles. The molecule has 0 fully saturated rings. The van der Waals surface area contributed by atoms with Gasteiger partial charge in [0.15, 0.2) is 0 Å². The number of anilines is 2. The summed E-state index contributed by atoms with van der Waals surface area (Å²) in [5.41, 5.74) is 0.274. The van der Waals surface area contributed by atoms with Gasteiger partial charge < -0.3 is 15.7 Å². The molecule has 0 unspecified atom stereocenters. The molecular formula is C13H8Cl3N3O3. The maximum absolute atomic E-state index is 11.9. The number of hydrogen-bond acceptors (Lipinski definition) is 3. The van der Waals surface area contributed by atoms with Gasteiger partial charge in [-0.25, -0.2) is 14.6 Å². The number of aromatic nitrogens is 1. The van der Waals surface area contributed by atoms with Gasteiger partial charge in [-0.3, -0.25) is 0 Å². The second-order valence-corrected chi connectivity index (χ2v) is 5.29. The summed E-state index contributed by atoms with van der Waals surface area (Å²) in [5.74, 6) is -1.19. The number of carboxylic acid groups (broad SMARTS) is 1. The van der Waals surface area contributed by atoms with Crippen LogP contribution < -0.4 is 10.6 Å². The molecule has 6 nitrogen and oxygen atoms in total. The van der Waals surface area contributed by atoms with Crippen molar-refractivity contribution in [1.29, 1.82) is 0 Å². The number of carbonyl (C=O) groups is 2. The van der Waals surface area contributed by atoms with Crippen LogP contribution in [-0.4, -0.2) is 22.1 Å². The minimum absolute atomic E-state index is 0.0590. The summed E-state index contributed by atoms with van der Waals surface area (Å²) in [6.07, 6.45) is 0. The van der Waals surface area contributed by atoms with Gasteiger partial charge in [0.1, 0.15) is 10.3 Å². The molecule has 1 aromatic carbocycles. The zero-order valence-electron chi connectivity index (χ0n) is 10.7. The van der Waals surface area contributed by atoms with Crippen LogP contribution in [0.25, 0.3) is 0 Å². The van der Waals surface area contributed by atoms with Crippen LogP contribution in [0.2, 0.25) is 15.3 Å². The minimum atomic E-state index is -1.19. The number of hydrogen-bond donors (Lipinski definition) is 3. The largest absolute Gasteiger partial charge is 0.478 e. The van der Waals surface area contributed by atoms with E-state index in [2.05, 4.69) is 15.6 Å². The second kappa shape index (κ2) is 6.83. The van der Waals surface area contributed by atoms with Crippen molar-refractivity contribution < 1.29 is 14.7 Å². The van der Waals surface area contributed by atoms with Crippen LogP contribution in [0.4, 0.5) is 16.2 Å². The molecule has 2 rings (SSSR count). The first kappa shape index (κ1) is 16.4. The molecule has 114 valence electrons. The SMILES string of the molecule is O=C(Nc1cc(Cl)nc(Cl)c1)Nc1cc(Cl)ccc1C(=O)O. The Bertz CT molecular complexity index is 732. The minimum Gasteiger partial charge on any atom is -0.478 e. The number of benzene rings is 1. The highest BCUT2D eigenvalue weighted by atomic mass is 35.5. The van der Waals surface area contributed by atoms with Crippen LogP contribution >= 0.6 is 34.8 Å². The van der Waals surface area contributed by atoms with Crippen molar-refractivity contribution in [1.82, 2.24) is 4.98 Å². The Morgan fingerprint density at radius 2 is 1.64 bits per heavy atom. The van der Waals surface area contributed by atoms with E-state index in [9.17, 15) is 9.59 Å². The summed E-state index contributed by atoms with van der Waals surface area (Å²) < 4.78 is 0. The number of nitrogens with zero attached hydrogens (tertiary/aromatic N) is 1. The average molecular weight is 361 g/mol. The lowest BCUT2D eigenvalue weighted by Crippen LogP contribution is -2.21. The molecule has 0 aliphatic heterocycles. The maximum atomic E-state index is 11.9. The van der Waals surface area contributed by atoms with Gasteiger partial charge in [0, 0.05) is 10.7 Å². The first-order chi connectivity index (χ1) is 10.3. The van der Waals surface area contributed by atoms with Crippen molar-refractivity contribution >= 4 is 58.2 Å². The van der Waals surface area contributed by atoms with Crippen LogP contribution in [0.5, 0.6) is 0 Å². The number of amides is 2. The fourth-order valence-electron chi connectivity index (χ4n) is 1.63. The third-order valence-electron chi connectivity index (χ3n) is 2.48. The molecule has 0 atom stereocenters. The Kier molecular flexibility index (Phi) is 5.07. The standard InChI is InChI=1S/C13H8Cl3N3O3/c14-6-1-2-8(12(20)21)9(3-6)18-13(22)17-7-4-10(15)19-11(16)5-7/h1-5H,(H,20,21)(H2,17,18,19,22). The number of aromatic carboxylic acids is 1. The predicted octanol–water partition coefficient (Wildman–Crippen LogP) is 4.38. The summed E-state index contributed by atoms with van der Waals surface area (Å²) in [4.78, 5) is 26.8. The van der Waals surface area contributed by atoms with E-state index in [0.29, 0.717) is 5.69 Å². The van der Waals surface area contributed by atoms with Gasteiger partial charge in [0.05, 0.1) is 11.3 Å². The molecule has 0 aliphatic carbocycles. The highest BCUT2D eigenvalue weighted by Gasteiger charge is 2.13. The van der Waals surface area contributed by atoms with E-state index in [4.69, 9.17) is 39.9 Å². The van der Waals surface area contributed by atoms with Gasteiger partial charge in [-0.05, 0) is 30.3 Å². The number of carbonyl (C=O) groups excluding carboxylic acids is 1. The fourth-order valence-corrected chi connectivity index (χ4v) is 2.26. The van der Waals surface area contributed by atoms with E-state index in [-0.39, 0.29) is 26.6 Å². The summed E-state index contributed by atoms with van der Waals surface area (Å²) in [6.45, 7) is 0. The van der Waals surface area contributed by atoms with Gasteiger partial charge >= 0.3 is 12.0 Å². The predicted molar refractivity (Wildman–Crippen MR) is 85.3 cm³/mol. The Morgan fingerprint density at radius 3 is 2.23 bits per heavy atom. The molecule has 0 spiro atoms. The summed E-state index contributed by atoms with van der Waals surface area (Å²) >= 11 is 17.2. The molecule has 0 bridgehead atoms. The highest BCUT2D eigenvalue weighted by Crippen LogP contribution is 2.22. The molecule has 0 radical (unpaired) electrons. The smallest absolute Gasteiger partial charge is 0.337 e. The van der Waals surface area contributed by atoms with E-state index in [1.165, 1.54) is 30.3 Å². The van der Waals surface area contributed by atoms with Crippen LogP contribution in [0.3, 0.4) is 0 Å². The monoisotopic (exact) mass is 359 g/mol. The molecule has 0 saturated heterocycles. The third-order valence-corrected chi connectivity index (χ3v) is 3.10. The lowest BCUT2D eigenvalue weighted by Gasteiger charge is -2.10. The molecule has 22 heavy (non-hydrogen) atoms. The fraction of sp³-hybridized carbons (Fsp3) is 0. The van der Waals surface area contributed by atoms with Crippen molar-refractivity contribution in [3.63, 3.8) is 0 Å². The molecular weight excluding hydrogens is 353 g/mol. The number of pyridine rings is 1. The number of urea groups is 1. The second-order valence-electron chi connectivity index (χ2n) is 4.08. The van der Waals surface area contributed by atoms with Gasteiger partial charge in [-0.15, -0.1) is 0 Å². The Balaban J connectivity index is 2.18. The van der Waals surface area contributed by atoms with Crippen molar-refractivity contribution in [3.05, 3.63) is 51.2 Å². The molecule has 0 aliphatic rings. The number of nitrogens with one attached hydrogen (secondary N) is 2. The first-order valence-corrected chi connectivity index (χ1v) is 6.92. The maximum Gasteiger partial charge on any atom is 0.337 e. The van der Waals surface area contributed by atoms with Crippen molar-refractivity contribution in [2.75, 3.05) is 10.6 Å². The normalized spacial score (nSPS) is 10.1. The van der Waals surface area contributed by atoms with E-state index in [1.54, 1.807) is 0 Å². The van der Waals surface area contributed by atoms with Crippen molar-refractivity contribution in [2.24, 2.45) is 0 Å². The molecule has 9 heteroatoms. The van der Waals surface area contributed by atoms with E-state index >= 15 is 0 Å². The third kappa shape index (κ3) is 4.24. The van der Waals surface area contributed by atoms with Crippen LogP contribution in [0, 0.1) is 0 Å². The molecule has 0 saturated carbocycles. The highest BCUT2D eigenvalue weighted by molar-refractivity contribution is 6.33. The average Bonchev–Trinajstić information content (AvgIpc) is 2.36. The molecule has 1 aromatic heterocycles. The summed E-state index contributed by atoms with van der Waals surface area (Å²) in [7, 11) is 0. The molecule has 2 amide bonds. The van der Waals surface area contributed by atoms with E-state index in [0.717, 1.165) is 0 Å². The molecule has 3 N–H and O–H groups in total. The van der Waals surface area contributed by atoms with Crippen LogP contribution in [0.15, 0.2) is 30.3 Å². The number of rotatable bonds is 3. The van der Waals surface area contributed by atoms with Gasteiger partial charge in [-0.2, -0.15) is 0 Å². The van der Waals surface area contributed by atoms with Gasteiger partial charge in [0.2, 0.25) is 0 Å². The Hall–Kier alpha value is -2.02. The van der Waals surface area contributed by atoms with Crippen molar-refractivity contribution in [3.8, 4) is 0 Å². The first-order valence-electron chi connectivity index (χ1n) is 5.79. The number of halogens is 3. The lowest BCUT2D eigenvalue weighted by molar-refractivity contribution is 0.0698. The van der Waals surface area contributed by atoms with Gasteiger partial charge in [-0.1, -0.05) is 34.8 Å². The quantitative estimate of drug-likeness (QED) is 0.708. The van der Waals surface area contributed by atoms with E-state index < -0.39 is 12.0 Å². The number of carboxylic acids is 1. The Labute approximate surface area is 140 Å². The lowest BCUT2D eigenvalue weighted by atomic mass is 10.2. The van der Waals surface area contributed by atoms with Crippen LogP contribution in [0.1, 0.15) is 10.4 Å².